The first kappa shape index (κ1) is 5.46. The van der Waals surface area contributed by atoms with Crippen LogP contribution in [0.2, 0.25) is 0 Å². The van der Waals surface area contributed by atoms with E-state index in [-0.39, 0.29) is 7.56 Å². The molecule has 1 radical (unpaired) electrons. The van der Waals surface area contributed by atoms with Crippen LogP contribution < -0.4 is 0 Å². The molecule has 0 fully saturated rings. The molecule has 0 heterocycles. The third kappa shape index (κ3) is 1.75. The normalized spacial score (nSPS) is 7.00. The quantitative estimate of drug-likeness (QED) is 0.433. The predicted molar refractivity (Wildman–Crippen MR) is 19.3 cm³/mol. The molecule has 0 aromatic heterocycles. The number of halogens is 1. The van der Waals surface area contributed by atoms with Crippen LogP contribution in [-0.4, -0.2) is 20.5 Å². The number of carbonyl (C=O) groups excluding carboxylic acids is 1. The number of hydrogen-bond donors (Lipinski definition) is 0. The third-order valence-corrected chi connectivity index (χ3v) is 0.290. The van der Waals surface area contributed by atoms with Crippen LogP contribution >= 0.6 is 0 Å². The second kappa shape index (κ2) is 2.69. The maximum Gasteiger partial charge on any atom is 0.491 e. The van der Waals surface area contributed by atoms with E-state index in [1.165, 1.54) is 0 Å². The number of hydrogen-bond acceptors (Lipinski definition) is 2. The average Bonchev–Trinajstić information content (AvgIpc) is 1.65. The molecule has 0 amide bonds. The van der Waals surface area contributed by atoms with Gasteiger partial charge in [-0.15, -0.1) is 0 Å². The van der Waals surface area contributed by atoms with Crippen molar-refractivity contribution in [1.29, 1.82) is 0 Å². The Bertz CT molecular complexity index is 49.5. The van der Waals surface area contributed by atoms with E-state index in [9.17, 15) is 9.11 Å². The lowest BCUT2D eigenvalue weighted by atomic mass is 10.1. The van der Waals surface area contributed by atoms with Gasteiger partial charge in [-0.25, -0.2) is 0 Å². The number of methoxy groups -OCH3 is 1. The molecular weight excluding hydrogens is 85.8 g/mol. The molecule has 0 aromatic rings. The van der Waals surface area contributed by atoms with Gasteiger partial charge in [-0.05, 0) is 0 Å². The largest absolute Gasteiger partial charge is 0.491 e. The van der Waals surface area contributed by atoms with Crippen LogP contribution in [0, 0.1) is 0 Å². The van der Waals surface area contributed by atoms with Gasteiger partial charge in [0.15, 0.2) is 0 Å². The van der Waals surface area contributed by atoms with Crippen LogP contribution in [0.3, 0.4) is 0 Å². The minimum absolute atomic E-state index is 0.139. The monoisotopic (exact) mass is 89.0 g/mol. The molecule has 0 aromatic carbocycles. The van der Waals surface area contributed by atoms with Crippen LogP contribution in [0.5, 0.6) is 0 Å². The molecule has 0 unspecified atom stereocenters. The van der Waals surface area contributed by atoms with Gasteiger partial charge in [-0.2, -0.15) is 0 Å². The van der Waals surface area contributed by atoms with Crippen molar-refractivity contribution in [1.82, 2.24) is 0 Å². The van der Waals surface area contributed by atoms with E-state index in [1.807, 2.05) is 0 Å². The Kier molecular flexibility index (Phi) is 2.45. The minimum atomic E-state index is -0.949. The summed E-state index contributed by atoms with van der Waals surface area (Å²) in [4.78, 5) is 9.53. The van der Waals surface area contributed by atoms with Crippen LogP contribution in [0.15, 0.2) is 0 Å². The van der Waals surface area contributed by atoms with E-state index in [0.29, 0.717) is 0 Å². The first-order chi connectivity index (χ1) is 2.81. The fraction of sp³-hybridized carbons (Fsp3) is 0.500. The van der Waals surface area contributed by atoms with Gasteiger partial charge in [0.05, 0.1) is 7.11 Å². The fourth-order valence-electron chi connectivity index (χ4n) is 0.0445. The van der Waals surface area contributed by atoms with Crippen molar-refractivity contribution in [2.45, 2.75) is 0 Å². The molecule has 6 heavy (non-hydrogen) atoms. The Labute approximate surface area is 35.6 Å². The van der Waals surface area contributed by atoms with E-state index < -0.39 is 5.87 Å². The van der Waals surface area contributed by atoms with Crippen molar-refractivity contribution in [3.63, 3.8) is 0 Å². The first-order valence-electron chi connectivity index (χ1n) is 1.32. The molecular formula is C2H3BFO2. The predicted octanol–water partition coefficient (Wildman–Crippen LogP) is 0.341. The molecule has 0 aliphatic rings. The summed E-state index contributed by atoms with van der Waals surface area (Å²) >= 11 is 0. The minimum Gasteiger partial charge on any atom is -0.475 e. The Morgan fingerprint density at radius 2 is 2.50 bits per heavy atom. The molecule has 0 spiro atoms. The van der Waals surface area contributed by atoms with Crippen molar-refractivity contribution in [2.24, 2.45) is 0 Å². The van der Waals surface area contributed by atoms with Crippen LogP contribution in [0.4, 0.5) is 9.11 Å². The topological polar surface area (TPSA) is 26.3 Å². The summed E-state index contributed by atoms with van der Waals surface area (Å²) < 4.78 is 14.6. The van der Waals surface area contributed by atoms with Gasteiger partial charge in [-0.1, -0.05) is 0 Å². The van der Waals surface area contributed by atoms with Gasteiger partial charge in [0.25, 0.3) is 5.87 Å². The molecule has 0 saturated heterocycles. The maximum atomic E-state index is 10.8. The van der Waals surface area contributed by atoms with Crippen LogP contribution in [0.1, 0.15) is 0 Å². The summed E-state index contributed by atoms with van der Waals surface area (Å²) in [6, 6.07) is 0. The van der Waals surface area contributed by atoms with E-state index in [4.69, 9.17) is 0 Å². The standard InChI is InChI=1S/C2H3BFO2/c1-6-2(5)3-4/h1H3. The van der Waals surface area contributed by atoms with Crippen molar-refractivity contribution in [3.05, 3.63) is 0 Å². The zero-order chi connectivity index (χ0) is 4.99. The maximum absolute atomic E-state index is 10.8. The fourth-order valence-corrected chi connectivity index (χ4v) is 0.0445. The highest BCUT2D eigenvalue weighted by Crippen LogP contribution is 1.70. The summed E-state index contributed by atoms with van der Waals surface area (Å²) in [6.45, 7) is 0. The molecule has 33 valence electrons. The van der Waals surface area contributed by atoms with Crippen molar-refractivity contribution < 1.29 is 13.8 Å². The van der Waals surface area contributed by atoms with Gasteiger partial charge in [-0.3, -0.25) is 4.79 Å². The van der Waals surface area contributed by atoms with Crippen molar-refractivity contribution in [2.75, 3.05) is 7.11 Å². The van der Waals surface area contributed by atoms with E-state index >= 15 is 0 Å². The zero-order valence-corrected chi connectivity index (χ0v) is 3.27. The van der Waals surface area contributed by atoms with Gasteiger partial charge in [0.1, 0.15) is 0 Å². The SMILES string of the molecule is COC(=O)[B]F. The van der Waals surface area contributed by atoms with E-state index in [1.54, 1.807) is 0 Å². The highest BCUT2D eigenvalue weighted by atomic mass is 19.1. The van der Waals surface area contributed by atoms with E-state index in [2.05, 4.69) is 4.74 Å². The zero-order valence-electron chi connectivity index (χ0n) is 3.27. The lowest BCUT2D eigenvalue weighted by molar-refractivity contribution is 0.196. The van der Waals surface area contributed by atoms with Crippen LogP contribution in [-0.2, 0) is 4.74 Å². The Hall–Kier alpha value is -0.535. The van der Waals surface area contributed by atoms with Gasteiger partial charge in [0, 0.05) is 0 Å². The van der Waals surface area contributed by atoms with Gasteiger partial charge in [0.2, 0.25) is 0 Å². The second-order valence-electron chi connectivity index (χ2n) is 0.632. The molecule has 4 heteroatoms. The highest BCUT2D eigenvalue weighted by molar-refractivity contribution is 6.66. The van der Waals surface area contributed by atoms with Crippen LogP contribution in [0.25, 0.3) is 0 Å². The third-order valence-electron chi connectivity index (χ3n) is 0.290. The Morgan fingerprint density at radius 1 is 2.00 bits per heavy atom. The lowest BCUT2D eigenvalue weighted by Crippen LogP contribution is -2.01. The summed E-state index contributed by atoms with van der Waals surface area (Å²) in [5.74, 6) is -0.949. The molecule has 0 N–H and O–H groups in total. The summed E-state index contributed by atoms with van der Waals surface area (Å²) in [5, 5.41) is 0. The second-order valence-corrected chi connectivity index (χ2v) is 0.632. The van der Waals surface area contributed by atoms with Gasteiger partial charge < -0.3 is 9.05 Å². The lowest BCUT2D eigenvalue weighted by Gasteiger charge is -1.83. The number of ether oxygens (including phenoxy) is 1. The summed E-state index contributed by atoms with van der Waals surface area (Å²) in [6.07, 6.45) is 0. The Balaban J connectivity index is 2.99. The molecule has 0 saturated carbocycles. The molecule has 0 aliphatic carbocycles. The molecule has 0 atom stereocenters. The van der Waals surface area contributed by atoms with E-state index in [0.717, 1.165) is 7.11 Å². The number of rotatable bonds is 1. The number of carbonyl (C=O) groups is 1. The first-order valence-corrected chi connectivity index (χ1v) is 1.32. The average molecular weight is 88.9 g/mol. The summed E-state index contributed by atoms with van der Waals surface area (Å²) in [7, 11) is 0.971. The Morgan fingerprint density at radius 3 is 2.50 bits per heavy atom. The summed E-state index contributed by atoms with van der Waals surface area (Å²) in [5.41, 5.74) is 0. The molecule has 0 aliphatic heterocycles. The molecule has 0 rings (SSSR count). The van der Waals surface area contributed by atoms with Crippen molar-refractivity contribution >= 4 is 13.4 Å². The molecule has 2 nitrogen and oxygen atoms in total. The highest BCUT2D eigenvalue weighted by Gasteiger charge is 1.98. The van der Waals surface area contributed by atoms with Gasteiger partial charge >= 0.3 is 7.56 Å². The van der Waals surface area contributed by atoms with Crippen molar-refractivity contribution in [3.8, 4) is 0 Å². The molecule has 0 bridgehead atoms. The smallest absolute Gasteiger partial charge is 0.475 e.